The average Bonchev–Trinajstić information content (AvgIpc) is 3.32. The van der Waals surface area contributed by atoms with Gasteiger partial charge in [0.1, 0.15) is 0 Å². The Morgan fingerprint density at radius 1 is 1.20 bits per heavy atom. The topological polar surface area (TPSA) is 61.0 Å². The van der Waals surface area contributed by atoms with Crippen LogP contribution in [0, 0.1) is 5.92 Å². The first-order chi connectivity index (χ1) is 12.2. The molecule has 4 rings (SSSR count). The van der Waals surface area contributed by atoms with Crippen LogP contribution >= 0.6 is 0 Å². The van der Waals surface area contributed by atoms with Crippen molar-refractivity contribution in [2.24, 2.45) is 5.92 Å². The summed E-state index contributed by atoms with van der Waals surface area (Å²) in [4.78, 5) is 21.8. The molecule has 1 aromatic heterocycles. The van der Waals surface area contributed by atoms with Crippen molar-refractivity contribution in [2.75, 3.05) is 26.7 Å². The van der Waals surface area contributed by atoms with E-state index >= 15 is 0 Å². The van der Waals surface area contributed by atoms with E-state index < -0.39 is 0 Å². The van der Waals surface area contributed by atoms with E-state index in [4.69, 9.17) is 0 Å². The molecule has 2 aromatic carbocycles. The van der Waals surface area contributed by atoms with Gasteiger partial charge < -0.3 is 15.2 Å². The number of benzene rings is 2. The highest BCUT2D eigenvalue weighted by Crippen LogP contribution is 2.23. The number of rotatable bonds is 4. The smallest absolute Gasteiger partial charge is 0.253 e. The van der Waals surface area contributed by atoms with E-state index in [0.717, 1.165) is 53.8 Å². The van der Waals surface area contributed by atoms with E-state index in [1.807, 2.05) is 42.3 Å². The molecule has 2 N–H and O–H groups in total. The third-order valence-electron chi connectivity index (χ3n) is 4.93. The summed E-state index contributed by atoms with van der Waals surface area (Å²) >= 11 is 0. The fourth-order valence-electron chi connectivity index (χ4n) is 3.48. The van der Waals surface area contributed by atoms with Crippen LogP contribution in [0.1, 0.15) is 16.8 Å². The summed E-state index contributed by atoms with van der Waals surface area (Å²) in [5.74, 6) is 0.650. The number of aromatic amines is 1. The molecule has 0 radical (unpaired) electrons. The number of hydrogen-bond acceptors (Lipinski definition) is 3. The van der Waals surface area contributed by atoms with Crippen LogP contribution in [0.2, 0.25) is 0 Å². The van der Waals surface area contributed by atoms with Gasteiger partial charge in [-0.15, -0.1) is 0 Å². The van der Waals surface area contributed by atoms with E-state index in [-0.39, 0.29) is 5.91 Å². The fraction of sp³-hybridized carbons (Fsp3) is 0.300. The zero-order valence-electron chi connectivity index (χ0n) is 14.3. The van der Waals surface area contributed by atoms with E-state index in [9.17, 15) is 4.79 Å². The summed E-state index contributed by atoms with van der Waals surface area (Å²) in [5, 5.41) is 3.35. The van der Waals surface area contributed by atoms with Gasteiger partial charge in [0.2, 0.25) is 0 Å². The number of H-pyrrole nitrogens is 1. The predicted octanol–water partition coefficient (Wildman–Crippen LogP) is 2.91. The van der Waals surface area contributed by atoms with Crippen LogP contribution in [0.25, 0.3) is 22.2 Å². The number of carbonyl (C=O) groups excluding carboxylic acids is 1. The SMILES string of the molecule is CN(CC1CCNC1)C(=O)c1ccc(-c2ccc3nc[nH]c3c2)cc1. The van der Waals surface area contributed by atoms with Crippen molar-refractivity contribution in [1.29, 1.82) is 0 Å². The minimum absolute atomic E-state index is 0.0856. The van der Waals surface area contributed by atoms with Crippen molar-refractivity contribution in [2.45, 2.75) is 6.42 Å². The van der Waals surface area contributed by atoms with Crippen molar-refractivity contribution in [1.82, 2.24) is 20.2 Å². The number of carbonyl (C=O) groups is 1. The second kappa shape index (κ2) is 6.69. The summed E-state index contributed by atoms with van der Waals surface area (Å²) in [7, 11) is 1.89. The van der Waals surface area contributed by atoms with E-state index in [2.05, 4.69) is 27.4 Å². The van der Waals surface area contributed by atoms with Gasteiger partial charge >= 0.3 is 0 Å². The van der Waals surface area contributed by atoms with Crippen LogP contribution < -0.4 is 5.32 Å². The molecule has 1 fully saturated rings. The maximum Gasteiger partial charge on any atom is 0.253 e. The van der Waals surface area contributed by atoms with Crippen LogP contribution in [-0.4, -0.2) is 47.5 Å². The molecule has 0 aliphatic carbocycles. The Morgan fingerprint density at radius 2 is 2.00 bits per heavy atom. The molecular weight excluding hydrogens is 312 g/mol. The van der Waals surface area contributed by atoms with E-state index in [1.54, 1.807) is 6.33 Å². The van der Waals surface area contributed by atoms with E-state index in [1.165, 1.54) is 0 Å². The van der Waals surface area contributed by atoms with Crippen molar-refractivity contribution >= 4 is 16.9 Å². The van der Waals surface area contributed by atoms with E-state index in [0.29, 0.717) is 5.92 Å². The highest BCUT2D eigenvalue weighted by Gasteiger charge is 2.20. The quantitative estimate of drug-likeness (QED) is 0.771. The Bertz CT molecular complexity index is 878. The number of nitrogens with one attached hydrogen (secondary N) is 2. The summed E-state index contributed by atoms with van der Waals surface area (Å²) in [6.45, 7) is 2.87. The highest BCUT2D eigenvalue weighted by molar-refractivity contribution is 5.94. The first-order valence-electron chi connectivity index (χ1n) is 8.70. The Labute approximate surface area is 147 Å². The van der Waals surface area contributed by atoms with Gasteiger partial charge in [-0.05, 0) is 60.8 Å². The molecule has 0 bridgehead atoms. The van der Waals surface area contributed by atoms with Crippen molar-refractivity contribution < 1.29 is 4.79 Å². The molecular formula is C20H22N4O. The van der Waals surface area contributed by atoms with Crippen molar-refractivity contribution in [3.8, 4) is 11.1 Å². The van der Waals surface area contributed by atoms with Crippen LogP contribution in [0.4, 0.5) is 0 Å². The first kappa shape index (κ1) is 15.8. The molecule has 1 saturated heterocycles. The number of hydrogen-bond donors (Lipinski definition) is 2. The molecule has 1 aliphatic rings. The second-order valence-electron chi connectivity index (χ2n) is 6.76. The van der Waals surface area contributed by atoms with Gasteiger partial charge in [0.15, 0.2) is 0 Å². The zero-order chi connectivity index (χ0) is 17.2. The lowest BCUT2D eigenvalue weighted by atomic mass is 10.0. The monoisotopic (exact) mass is 334 g/mol. The molecule has 128 valence electrons. The molecule has 2 heterocycles. The molecule has 0 spiro atoms. The molecule has 5 heteroatoms. The Hall–Kier alpha value is -2.66. The van der Waals surface area contributed by atoms with Crippen LogP contribution in [0.3, 0.4) is 0 Å². The Balaban J connectivity index is 1.49. The number of aromatic nitrogens is 2. The first-order valence-corrected chi connectivity index (χ1v) is 8.70. The summed E-state index contributed by atoms with van der Waals surface area (Å²) in [6, 6.07) is 14.0. The number of fused-ring (bicyclic) bond motifs is 1. The summed E-state index contributed by atoms with van der Waals surface area (Å²) in [6.07, 6.45) is 2.85. The minimum Gasteiger partial charge on any atom is -0.345 e. The molecule has 1 unspecified atom stereocenters. The van der Waals surface area contributed by atoms with Gasteiger partial charge in [0.05, 0.1) is 17.4 Å². The summed E-state index contributed by atoms with van der Waals surface area (Å²) in [5.41, 5.74) is 4.91. The normalized spacial score (nSPS) is 17.1. The van der Waals surface area contributed by atoms with Crippen molar-refractivity contribution in [3.05, 3.63) is 54.4 Å². The standard InChI is InChI=1S/C20H22N4O/c1-24(12-14-8-9-21-11-14)20(25)16-4-2-15(3-5-16)17-6-7-18-19(10-17)23-13-22-18/h2-7,10,13-14,21H,8-9,11-12H2,1H3,(H,22,23). The molecule has 5 nitrogen and oxygen atoms in total. The predicted molar refractivity (Wildman–Crippen MR) is 99.5 cm³/mol. The fourth-order valence-corrected chi connectivity index (χ4v) is 3.48. The second-order valence-corrected chi connectivity index (χ2v) is 6.76. The van der Waals surface area contributed by atoms with Crippen LogP contribution in [0.5, 0.6) is 0 Å². The molecule has 1 atom stereocenters. The average molecular weight is 334 g/mol. The molecule has 25 heavy (non-hydrogen) atoms. The zero-order valence-corrected chi connectivity index (χ0v) is 14.3. The van der Waals surface area contributed by atoms with Crippen LogP contribution in [0.15, 0.2) is 48.8 Å². The minimum atomic E-state index is 0.0856. The number of amides is 1. The lowest BCUT2D eigenvalue weighted by Crippen LogP contribution is -2.32. The largest absolute Gasteiger partial charge is 0.345 e. The third-order valence-corrected chi connectivity index (χ3v) is 4.93. The highest BCUT2D eigenvalue weighted by atomic mass is 16.2. The van der Waals surface area contributed by atoms with Gasteiger partial charge in [0, 0.05) is 19.2 Å². The van der Waals surface area contributed by atoms with Gasteiger partial charge in [-0.2, -0.15) is 0 Å². The van der Waals surface area contributed by atoms with Crippen LogP contribution in [-0.2, 0) is 0 Å². The van der Waals surface area contributed by atoms with Gasteiger partial charge in [-0.25, -0.2) is 4.98 Å². The third kappa shape index (κ3) is 3.28. The van der Waals surface area contributed by atoms with Gasteiger partial charge in [-0.3, -0.25) is 4.79 Å². The summed E-state index contributed by atoms with van der Waals surface area (Å²) < 4.78 is 0. The lowest BCUT2D eigenvalue weighted by molar-refractivity contribution is 0.0776. The molecule has 3 aromatic rings. The Morgan fingerprint density at radius 3 is 2.76 bits per heavy atom. The maximum absolute atomic E-state index is 12.6. The van der Waals surface area contributed by atoms with Crippen molar-refractivity contribution in [3.63, 3.8) is 0 Å². The van der Waals surface area contributed by atoms with Gasteiger partial charge in [-0.1, -0.05) is 18.2 Å². The molecule has 1 amide bonds. The number of imidazole rings is 1. The lowest BCUT2D eigenvalue weighted by Gasteiger charge is -2.21. The molecule has 0 saturated carbocycles. The van der Waals surface area contributed by atoms with Gasteiger partial charge in [0.25, 0.3) is 5.91 Å². The number of nitrogens with zero attached hydrogens (tertiary/aromatic N) is 2. The molecule has 1 aliphatic heterocycles. The Kier molecular flexibility index (Phi) is 4.24. The maximum atomic E-state index is 12.6.